The summed E-state index contributed by atoms with van der Waals surface area (Å²) in [4.78, 5) is 85.5. The predicted molar refractivity (Wildman–Crippen MR) is 150 cm³/mol. The van der Waals surface area contributed by atoms with Crippen LogP contribution in [0.15, 0.2) is 18.2 Å². The molecule has 0 aliphatic carbocycles. The lowest BCUT2D eigenvalue weighted by Gasteiger charge is -2.27. The molecule has 3 rings (SSSR count). The van der Waals surface area contributed by atoms with Gasteiger partial charge in [0.1, 0.15) is 18.4 Å². The van der Waals surface area contributed by atoms with E-state index in [0.29, 0.717) is 25.8 Å². The van der Waals surface area contributed by atoms with Crippen molar-refractivity contribution in [1.82, 2.24) is 15.5 Å². The van der Waals surface area contributed by atoms with Crippen molar-refractivity contribution in [3.05, 3.63) is 29.3 Å². The van der Waals surface area contributed by atoms with Gasteiger partial charge in [-0.05, 0) is 37.8 Å². The van der Waals surface area contributed by atoms with Crippen LogP contribution in [0.2, 0.25) is 0 Å². The maximum absolute atomic E-state index is 13.1. The molecule has 12 heteroatoms. The second-order valence-electron chi connectivity index (χ2n) is 10.8. The number of unbranched alkanes of at least 4 members (excludes halogenated alkanes) is 6. The molecule has 2 aliphatic rings. The third kappa shape index (κ3) is 8.95. The van der Waals surface area contributed by atoms with Crippen LogP contribution in [0.4, 0.5) is 0 Å². The van der Waals surface area contributed by atoms with E-state index >= 15 is 0 Å². The Balaban J connectivity index is 1.29. The molecule has 2 heterocycles. The minimum absolute atomic E-state index is 0.0207. The Labute approximate surface area is 244 Å². The molecule has 12 nitrogen and oxygen atoms in total. The normalized spacial score (nSPS) is 17.1. The second kappa shape index (κ2) is 15.8. The summed E-state index contributed by atoms with van der Waals surface area (Å²) in [6.45, 7) is 1.93. The molecule has 0 aromatic heterocycles. The molecule has 1 fully saturated rings. The van der Waals surface area contributed by atoms with E-state index in [2.05, 4.69) is 10.6 Å². The number of fused-ring (bicyclic) bond motifs is 1. The topological polar surface area (TPSA) is 176 Å². The van der Waals surface area contributed by atoms with Crippen molar-refractivity contribution in [1.29, 1.82) is 0 Å². The number of piperidine rings is 1. The van der Waals surface area contributed by atoms with Crippen LogP contribution in [0.5, 0.6) is 5.75 Å². The summed E-state index contributed by atoms with van der Waals surface area (Å²) < 4.78 is 5.64. The zero-order valence-corrected chi connectivity index (χ0v) is 23.9. The van der Waals surface area contributed by atoms with Gasteiger partial charge in [-0.15, -0.1) is 0 Å². The molecule has 1 aromatic rings. The Hall–Kier alpha value is -4.09. The fraction of sp³-hybridized carbons (Fsp3) is 0.567. The molecule has 0 saturated carbocycles. The van der Waals surface area contributed by atoms with Crippen molar-refractivity contribution in [3.8, 4) is 5.75 Å². The molecule has 2 aliphatic heterocycles. The monoisotopic (exact) mass is 585 g/mol. The largest absolute Gasteiger partial charge is 0.485 e. The maximum Gasteiger partial charge on any atom is 0.306 e. The van der Waals surface area contributed by atoms with Crippen molar-refractivity contribution in [3.63, 3.8) is 0 Å². The minimum Gasteiger partial charge on any atom is -0.485 e. The first-order chi connectivity index (χ1) is 20.1. The van der Waals surface area contributed by atoms with E-state index in [4.69, 9.17) is 9.84 Å². The van der Waals surface area contributed by atoms with E-state index < -0.39 is 41.6 Å². The molecule has 1 saturated heterocycles. The molecule has 1 aromatic carbocycles. The number of nitrogens with one attached hydrogen (secondary N) is 2. The van der Waals surface area contributed by atoms with Crippen LogP contribution < -0.4 is 15.4 Å². The zero-order chi connectivity index (χ0) is 30.6. The lowest BCUT2D eigenvalue weighted by Crippen LogP contribution is -2.54. The number of rotatable bonds is 18. The smallest absolute Gasteiger partial charge is 0.306 e. The van der Waals surface area contributed by atoms with Crippen LogP contribution in [0.3, 0.4) is 0 Å². The highest BCUT2D eigenvalue weighted by atomic mass is 16.5. The number of benzene rings is 1. The number of ketones is 1. The van der Waals surface area contributed by atoms with Gasteiger partial charge in [-0.2, -0.15) is 0 Å². The van der Waals surface area contributed by atoms with Gasteiger partial charge < -0.3 is 15.2 Å². The van der Waals surface area contributed by atoms with Crippen LogP contribution in [0, 0.1) is 5.92 Å². The van der Waals surface area contributed by atoms with Gasteiger partial charge in [0.2, 0.25) is 17.7 Å². The molecule has 42 heavy (non-hydrogen) atoms. The van der Waals surface area contributed by atoms with E-state index in [0.717, 1.165) is 43.4 Å². The maximum atomic E-state index is 13.1. The molecule has 5 amide bonds. The van der Waals surface area contributed by atoms with Gasteiger partial charge in [0, 0.05) is 25.8 Å². The molecular weight excluding hydrogens is 546 g/mol. The number of carbonyl (C=O) groups excluding carboxylic acids is 6. The number of amides is 5. The number of hydrogen-bond donors (Lipinski definition) is 3. The molecule has 0 radical (unpaired) electrons. The average molecular weight is 586 g/mol. The van der Waals surface area contributed by atoms with Crippen LogP contribution in [0.25, 0.3) is 0 Å². The van der Waals surface area contributed by atoms with Crippen molar-refractivity contribution in [2.24, 2.45) is 5.92 Å². The fourth-order valence-corrected chi connectivity index (χ4v) is 4.95. The van der Waals surface area contributed by atoms with Gasteiger partial charge >= 0.3 is 5.97 Å². The Kier molecular flexibility index (Phi) is 12.2. The number of carbonyl (C=O) groups is 7. The molecule has 0 bridgehead atoms. The first-order valence-corrected chi connectivity index (χ1v) is 14.6. The molecule has 228 valence electrons. The highest BCUT2D eigenvalue weighted by molar-refractivity contribution is 6.24. The third-order valence-corrected chi connectivity index (χ3v) is 7.50. The van der Waals surface area contributed by atoms with Crippen molar-refractivity contribution in [2.75, 3.05) is 13.2 Å². The summed E-state index contributed by atoms with van der Waals surface area (Å²) >= 11 is 0. The fourth-order valence-electron chi connectivity index (χ4n) is 4.95. The lowest BCUT2D eigenvalue weighted by atomic mass is 10.0. The number of carboxylic acids is 1. The lowest BCUT2D eigenvalue weighted by molar-refractivity contribution is -0.141. The molecule has 3 N–H and O–H groups in total. The van der Waals surface area contributed by atoms with Gasteiger partial charge in [-0.3, -0.25) is 43.8 Å². The highest BCUT2D eigenvalue weighted by Gasteiger charge is 2.46. The summed E-state index contributed by atoms with van der Waals surface area (Å²) in [5.74, 6) is -4.01. The second-order valence-corrected chi connectivity index (χ2v) is 10.8. The van der Waals surface area contributed by atoms with Crippen LogP contribution >= 0.6 is 0 Å². The van der Waals surface area contributed by atoms with E-state index in [-0.39, 0.29) is 54.4 Å². The summed E-state index contributed by atoms with van der Waals surface area (Å²) in [7, 11) is 0. The van der Waals surface area contributed by atoms with Gasteiger partial charge in [-0.1, -0.05) is 45.1 Å². The number of ether oxygens (including phenoxy) is 1. The number of imide groups is 2. The van der Waals surface area contributed by atoms with Crippen molar-refractivity contribution >= 4 is 41.3 Å². The minimum atomic E-state index is -1.07. The molecule has 1 unspecified atom stereocenters. The SMILES string of the molecule is C[C@@H](CCC(=O)NCCCCCCCCCC(=O)COc1cccc2c1C(=O)N(C1CCC(=O)NC1=O)C2=O)C(=O)O. The number of hydrogen-bond acceptors (Lipinski definition) is 8. The quantitative estimate of drug-likeness (QED) is 0.173. The first-order valence-electron chi connectivity index (χ1n) is 14.6. The van der Waals surface area contributed by atoms with Gasteiger partial charge in [-0.25, -0.2) is 0 Å². The van der Waals surface area contributed by atoms with E-state index in [1.807, 2.05) is 0 Å². The number of Topliss-reactive ketones (excluding diaryl/α,β-unsaturated/α-hetero) is 1. The summed E-state index contributed by atoms with van der Waals surface area (Å²) in [5, 5.41) is 13.8. The van der Waals surface area contributed by atoms with Crippen molar-refractivity contribution in [2.45, 2.75) is 90.0 Å². The Morgan fingerprint density at radius 3 is 2.38 bits per heavy atom. The summed E-state index contributed by atoms with van der Waals surface area (Å²) in [5.41, 5.74) is 0.120. The zero-order valence-electron chi connectivity index (χ0n) is 23.9. The molecule has 2 atom stereocenters. The molecular formula is C30H39N3O9. The van der Waals surface area contributed by atoms with Crippen LogP contribution in [-0.2, 0) is 24.0 Å². The van der Waals surface area contributed by atoms with Gasteiger partial charge in [0.05, 0.1) is 17.0 Å². The average Bonchev–Trinajstić information content (AvgIpc) is 3.21. The van der Waals surface area contributed by atoms with Crippen LogP contribution in [-0.4, -0.2) is 70.5 Å². The van der Waals surface area contributed by atoms with Crippen molar-refractivity contribution < 1.29 is 43.4 Å². The summed E-state index contributed by atoms with van der Waals surface area (Å²) in [6, 6.07) is 3.46. The van der Waals surface area contributed by atoms with Gasteiger partial charge in [0.15, 0.2) is 5.78 Å². The number of nitrogens with zero attached hydrogens (tertiary/aromatic N) is 1. The van der Waals surface area contributed by atoms with E-state index in [9.17, 15) is 33.6 Å². The highest BCUT2D eigenvalue weighted by Crippen LogP contribution is 2.33. The van der Waals surface area contributed by atoms with E-state index in [1.54, 1.807) is 13.0 Å². The molecule has 0 spiro atoms. The standard InChI is InChI=1S/C30H39N3O9/c1-19(30(40)41)13-15-24(35)31-17-8-6-4-2-3-5-7-10-20(34)18-42-23-12-9-11-21-26(23)29(39)33(28(21)38)22-14-16-25(36)32-27(22)37/h9,11-12,19,22H,2-8,10,13-18H2,1H3,(H,31,35)(H,40,41)(H,32,36,37)/t19-,22?/m0/s1. The predicted octanol–water partition coefficient (Wildman–Crippen LogP) is 2.77. The van der Waals surface area contributed by atoms with E-state index in [1.165, 1.54) is 12.1 Å². The first kappa shape index (κ1) is 32.4. The van der Waals surface area contributed by atoms with Gasteiger partial charge in [0.25, 0.3) is 11.8 Å². The Morgan fingerprint density at radius 2 is 1.69 bits per heavy atom. The Bertz CT molecular complexity index is 1210. The van der Waals surface area contributed by atoms with Crippen LogP contribution in [0.1, 0.15) is 105 Å². The third-order valence-electron chi connectivity index (χ3n) is 7.50. The number of aliphatic carboxylic acids is 1. The number of carboxylic acid groups (broad SMARTS) is 1. The summed E-state index contributed by atoms with van der Waals surface area (Å²) in [6.07, 6.45) is 7.40. The Morgan fingerprint density at radius 1 is 1.00 bits per heavy atom.